The largest absolute Gasteiger partial charge is 0.443 e. The molecule has 138 valence electrons. The van der Waals surface area contributed by atoms with Gasteiger partial charge in [-0.15, -0.1) is 0 Å². The topological polar surface area (TPSA) is 96.0 Å². The molecule has 0 bridgehead atoms. The average molecular weight is 361 g/mol. The Morgan fingerprint density at radius 2 is 1.79 bits per heavy atom. The predicted octanol–water partition coefficient (Wildman–Crippen LogP) is 0.885. The van der Waals surface area contributed by atoms with Gasteiger partial charge in [0.1, 0.15) is 11.4 Å². The standard InChI is InChI=1S/C15H27N3O5S/c1-5-15(17-8-6-12(19)7-9-17)10-18(11-15)24(21,22)16-13(20)23-14(2,3)4/h5-11H2,1-4H3,(H,16,20). The van der Waals surface area contributed by atoms with Gasteiger partial charge in [0, 0.05) is 44.6 Å². The summed E-state index contributed by atoms with van der Waals surface area (Å²) in [6.07, 6.45) is 0.856. The fourth-order valence-corrected chi connectivity index (χ4v) is 4.33. The zero-order valence-corrected chi connectivity index (χ0v) is 15.6. The molecule has 2 saturated heterocycles. The summed E-state index contributed by atoms with van der Waals surface area (Å²) in [5, 5.41) is 0. The van der Waals surface area contributed by atoms with Crippen LogP contribution in [-0.4, -0.2) is 66.8 Å². The maximum absolute atomic E-state index is 12.3. The minimum Gasteiger partial charge on any atom is -0.443 e. The van der Waals surface area contributed by atoms with E-state index in [0.717, 1.165) is 6.42 Å². The molecule has 0 saturated carbocycles. The van der Waals surface area contributed by atoms with Gasteiger partial charge < -0.3 is 4.74 Å². The van der Waals surface area contributed by atoms with Gasteiger partial charge in [0.2, 0.25) is 0 Å². The molecular formula is C15H27N3O5S. The van der Waals surface area contributed by atoms with Gasteiger partial charge in [-0.2, -0.15) is 12.7 Å². The fraction of sp³-hybridized carbons (Fsp3) is 0.867. The summed E-state index contributed by atoms with van der Waals surface area (Å²) in [4.78, 5) is 25.3. The van der Waals surface area contributed by atoms with Crippen molar-refractivity contribution in [3.63, 3.8) is 0 Å². The van der Waals surface area contributed by atoms with Crippen molar-refractivity contribution in [2.45, 2.75) is 58.1 Å². The van der Waals surface area contributed by atoms with E-state index in [9.17, 15) is 18.0 Å². The van der Waals surface area contributed by atoms with E-state index < -0.39 is 21.9 Å². The summed E-state index contributed by atoms with van der Waals surface area (Å²) in [7, 11) is -3.91. The Morgan fingerprint density at radius 3 is 2.25 bits per heavy atom. The third-order valence-corrected chi connectivity index (χ3v) is 5.91. The molecule has 2 rings (SSSR count). The molecule has 24 heavy (non-hydrogen) atoms. The maximum Gasteiger partial charge on any atom is 0.422 e. The first-order valence-corrected chi connectivity index (χ1v) is 9.69. The van der Waals surface area contributed by atoms with Crippen LogP contribution in [-0.2, 0) is 19.7 Å². The van der Waals surface area contributed by atoms with Crippen molar-refractivity contribution in [3.8, 4) is 0 Å². The highest BCUT2D eigenvalue weighted by Crippen LogP contribution is 2.34. The molecule has 2 aliphatic heterocycles. The van der Waals surface area contributed by atoms with Gasteiger partial charge in [-0.1, -0.05) is 6.92 Å². The second kappa shape index (κ2) is 6.61. The molecule has 0 unspecified atom stereocenters. The molecule has 0 radical (unpaired) electrons. The van der Waals surface area contributed by atoms with Crippen molar-refractivity contribution >= 4 is 22.1 Å². The Bertz CT molecular complexity index is 595. The van der Waals surface area contributed by atoms with Crippen molar-refractivity contribution in [1.82, 2.24) is 13.9 Å². The van der Waals surface area contributed by atoms with Crippen molar-refractivity contribution in [1.29, 1.82) is 0 Å². The van der Waals surface area contributed by atoms with Crippen molar-refractivity contribution < 1.29 is 22.7 Å². The van der Waals surface area contributed by atoms with E-state index in [-0.39, 0.29) is 11.3 Å². The molecular weight excluding hydrogens is 334 g/mol. The molecule has 2 aliphatic rings. The normalized spacial score (nSPS) is 22.8. The number of amides is 1. The molecule has 0 aromatic heterocycles. The third kappa shape index (κ3) is 4.25. The number of carbonyl (C=O) groups excluding carboxylic acids is 2. The van der Waals surface area contributed by atoms with Crippen LogP contribution in [0.5, 0.6) is 0 Å². The highest BCUT2D eigenvalue weighted by atomic mass is 32.2. The van der Waals surface area contributed by atoms with Crippen molar-refractivity contribution in [2.24, 2.45) is 0 Å². The van der Waals surface area contributed by atoms with Gasteiger partial charge in [0.25, 0.3) is 0 Å². The number of ketones is 1. The van der Waals surface area contributed by atoms with E-state index in [4.69, 9.17) is 4.74 Å². The third-order valence-electron chi connectivity index (χ3n) is 4.54. The highest BCUT2D eigenvalue weighted by Gasteiger charge is 2.51. The first-order valence-electron chi connectivity index (χ1n) is 8.25. The summed E-state index contributed by atoms with van der Waals surface area (Å²) in [5.74, 6) is 0.257. The lowest BCUT2D eigenvalue weighted by Gasteiger charge is -2.55. The zero-order chi connectivity index (χ0) is 18.2. The Kier molecular flexibility index (Phi) is 5.27. The number of nitrogens with zero attached hydrogens (tertiary/aromatic N) is 2. The van der Waals surface area contributed by atoms with E-state index in [1.54, 1.807) is 20.8 Å². The van der Waals surface area contributed by atoms with Crippen LogP contribution in [0, 0.1) is 0 Å². The Hall–Kier alpha value is -1.19. The predicted molar refractivity (Wildman–Crippen MR) is 88.7 cm³/mol. The van der Waals surface area contributed by atoms with Crippen LogP contribution in [0.2, 0.25) is 0 Å². The minimum atomic E-state index is -3.91. The Balaban J connectivity index is 1.95. The van der Waals surface area contributed by atoms with Crippen LogP contribution >= 0.6 is 0 Å². The molecule has 1 amide bonds. The van der Waals surface area contributed by atoms with E-state index in [1.165, 1.54) is 4.31 Å². The van der Waals surface area contributed by atoms with Gasteiger partial charge in [-0.3, -0.25) is 9.69 Å². The molecule has 2 fully saturated rings. The van der Waals surface area contributed by atoms with Crippen LogP contribution < -0.4 is 4.72 Å². The smallest absolute Gasteiger partial charge is 0.422 e. The minimum absolute atomic E-state index is 0.247. The number of Topliss-reactive ketones (excluding diaryl/α,β-unsaturated/α-hetero) is 1. The lowest BCUT2D eigenvalue weighted by atomic mass is 9.85. The van der Waals surface area contributed by atoms with E-state index >= 15 is 0 Å². The first kappa shape index (κ1) is 19.1. The monoisotopic (exact) mass is 361 g/mol. The summed E-state index contributed by atoms with van der Waals surface area (Å²) < 4.78 is 32.8. The van der Waals surface area contributed by atoms with Crippen molar-refractivity contribution in [2.75, 3.05) is 26.2 Å². The van der Waals surface area contributed by atoms with Gasteiger partial charge >= 0.3 is 16.3 Å². The van der Waals surface area contributed by atoms with Crippen LogP contribution in [0.25, 0.3) is 0 Å². The van der Waals surface area contributed by atoms with Gasteiger partial charge in [-0.25, -0.2) is 9.52 Å². The summed E-state index contributed by atoms with van der Waals surface area (Å²) >= 11 is 0. The van der Waals surface area contributed by atoms with E-state index in [2.05, 4.69) is 4.90 Å². The number of rotatable bonds is 4. The lowest BCUT2D eigenvalue weighted by molar-refractivity contribution is -0.124. The molecule has 9 heteroatoms. The number of hydrogen-bond donors (Lipinski definition) is 1. The van der Waals surface area contributed by atoms with Gasteiger partial charge in [-0.05, 0) is 27.2 Å². The Labute approximate surface area is 143 Å². The second-order valence-electron chi connectivity index (χ2n) is 7.48. The Morgan fingerprint density at radius 1 is 1.25 bits per heavy atom. The fourth-order valence-electron chi connectivity index (χ4n) is 3.13. The summed E-state index contributed by atoms with van der Waals surface area (Å²) in [6.45, 7) is 8.99. The zero-order valence-electron chi connectivity index (χ0n) is 14.8. The molecule has 0 aromatic carbocycles. The van der Waals surface area contributed by atoms with Gasteiger partial charge in [0.15, 0.2) is 0 Å². The van der Waals surface area contributed by atoms with E-state index in [0.29, 0.717) is 39.0 Å². The quantitative estimate of drug-likeness (QED) is 0.799. The molecule has 0 aromatic rings. The molecule has 2 heterocycles. The number of likely N-dealkylation sites (tertiary alicyclic amines) is 1. The number of piperidine rings is 1. The molecule has 1 N–H and O–H groups in total. The summed E-state index contributed by atoms with van der Waals surface area (Å²) in [5.41, 5.74) is -1.01. The number of ether oxygens (including phenoxy) is 1. The number of carbonyl (C=O) groups is 2. The number of nitrogens with one attached hydrogen (secondary N) is 1. The van der Waals surface area contributed by atoms with E-state index in [1.807, 2.05) is 11.6 Å². The molecule has 0 aliphatic carbocycles. The van der Waals surface area contributed by atoms with Gasteiger partial charge in [0.05, 0.1) is 0 Å². The summed E-state index contributed by atoms with van der Waals surface area (Å²) in [6, 6.07) is 0. The molecule has 8 nitrogen and oxygen atoms in total. The number of hydrogen-bond acceptors (Lipinski definition) is 6. The second-order valence-corrected chi connectivity index (χ2v) is 9.15. The van der Waals surface area contributed by atoms with Crippen LogP contribution in [0.4, 0.5) is 4.79 Å². The highest BCUT2D eigenvalue weighted by molar-refractivity contribution is 7.87. The lowest BCUT2D eigenvalue weighted by Crippen LogP contribution is -2.73. The van der Waals surface area contributed by atoms with Crippen LogP contribution in [0.3, 0.4) is 0 Å². The molecule has 0 spiro atoms. The SMILES string of the molecule is CCC1(N2CCC(=O)CC2)CN(S(=O)(=O)NC(=O)OC(C)(C)C)C1. The first-order chi connectivity index (χ1) is 11.0. The average Bonchev–Trinajstić information content (AvgIpc) is 2.36. The van der Waals surface area contributed by atoms with Crippen LogP contribution in [0.1, 0.15) is 47.0 Å². The van der Waals surface area contributed by atoms with Crippen LogP contribution in [0.15, 0.2) is 0 Å². The molecule has 0 atom stereocenters. The van der Waals surface area contributed by atoms with Crippen molar-refractivity contribution in [3.05, 3.63) is 0 Å². The maximum atomic E-state index is 12.3.